The number of ether oxygens (including phenoxy) is 1. The number of nitrogens with one attached hydrogen (secondary N) is 1. The molecule has 17 heavy (non-hydrogen) atoms. The normalized spacial score (nSPS) is 19.1. The first kappa shape index (κ1) is 13.0. The highest BCUT2D eigenvalue weighted by atomic mass is 79.9. The van der Waals surface area contributed by atoms with E-state index in [4.69, 9.17) is 10.6 Å². The van der Waals surface area contributed by atoms with Gasteiger partial charge in [0.25, 0.3) is 0 Å². The van der Waals surface area contributed by atoms with Gasteiger partial charge < -0.3 is 4.74 Å². The summed E-state index contributed by atoms with van der Waals surface area (Å²) in [7, 11) is 1.64. The summed E-state index contributed by atoms with van der Waals surface area (Å²) in [6, 6.07) is 4.54. The van der Waals surface area contributed by atoms with E-state index in [1.165, 1.54) is 6.07 Å². The number of nitrogens with two attached hydrogens (primary N) is 1. The van der Waals surface area contributed by atoms with Crippen LogP contribution in [0.1, 0.15) is 24.4 Å². The molecule has 5 heteroatoms. The van der Waals surface area contributed by atoms with Crippen LogP contribution < -0.4 is 11.3 Å². The summed E-state index contributed by atoms with van der Waals surface area (Å²) in [5.41, 5.74) is 3.22. The Kier molecular flexibility index (Phi) is 4.14. The molecule has 1 aromatic rings. The third-order valence-electron chi connectivity index (χ3n) is 3.16. The summed E-state index contributed by atoms with van der Waals surface area (Å²) in [5.74, 6) is 5.76. The van der Waals surface area contributed by atoms with Gasteiger partial charge in [-0.25, -0.2) is 4.39 Å². The van der Waals surface area contributed by atoms with Crippen molar-refractivity contribution >= 4 is 15.9 Å². The average molecular weight is 303 g/mol. The van der Waals surface area contributed by atoms with Crippen molar-refractivity contribution in [3.05, 3.63) is 34.1 Å². The van der Waals surface area contributed by atoms with Gasteiger partial charge in [-0.05, 0) is 37.0 Å². The van der Waals surface area contributed by atoms with Crippen LogP contribution in [0, 0.1) is 11.7 Å². The molecule has 2 atom stereocenters. The third kappa shape index (κ3) is 2.85. The number of hydrogen-bond acceptors (Lipinski definition) is 3. The van der Waals surface area contributed by atoms with E-state index in [0.29, 0.717) is 11.5 Å². The smallest absolute Gasteiger partial charge is 0.128 e. The van der Waals surface area contributed by atoms with Crippen LogP contribution in [0.4, 0.5) is 4.39 Å². The zero-order chi connectivity index (χ0) is 12.4. The number of benzene rings is 1. The van der Waals surface area contributed by atoms with Crippen LogP contribution >= 0.6 is 15.9 Å². The summed E-state index contributed by atoms with van der Waals surface area (Å²) >= 11 is 3.34. The zero-order valence-electron chi connectivity index (χ0n) is 9.62. The van der Waals surface area contributed by atoms with Crippen LogP contribution in [0.5, 0.6) is 0 Å². The van der Waals surface area contributed by atoms with E-state index < -0.39 is 0 Å². The maximum absolute atomic E-state index is 13.8. The Morgan fingerprint density at radius 3 is 2.76 bits per heavy atom. The van der Waals surface area contributed by atoms with Gasteiger partial charge in [-0.15, -0.1) is 0 Å². The monoisotopic (exact) mass is 302 g/mol. The molecule has 94 valence electrons. The van der Waals surface area contributed by atoms with Gasteiger partial charge in [0.1, 0.15) is 5.82 Å². The first-order valence-corrected chi connectivity index (χ1v) is 6.40. The second kappa shape index (κ2) is 5.44. The van der Waals surface area contributed by atoms with Crippen molar-refractivity contribution in [2.45, 2.75) is 25.0 Å². The summed E-state index contributed by atoms with van der Waals surface area (Å²) in [5, 5.41) is 0. The fourth-order valence-corrected chi connectivity index (χ4v) is 2.52. The quantitative estimate of drug-likeness (QED) is 0.649. The van der Waals surface area contributed by atoms with Crippen LogP contribution in [-0.2, 0) is 4.74 Å². The molecule has 1 aromatic carbocycles. The van der Waals surface area contributed by atoms with Gasteiger partial charge in [0, 0.05) is 17.1 Å². The molecule has 1 aliphatic rings. The van der Waals surface area contributed by atoms with Crippen molar-refractivity contribution in [1.29, 1.82) is 0 Å². The van der Waals surface area contributed by atoms with Crippen molar-refractivity contribution < 1.29 is 9.13 Å². The fourth-order valence-electron chi connectivity index (χ4n) is 2.14. The van der Waals surface area contributed by atoms with Crippen molar-refractivity contribution in [2.75, 3.05) is 7.11 Å². The van der Waals surface area contributed by atoms with Gasteiger partial charge in [0.2, 0.25) is 0 Å². The standard InChI is InChI=1S/C12H16BrFN2O/c1-17-12(7-2-3-7)11(16-15)9-6-8(13)4-5-10(9)14/h4-7,11-12,16H,2-3,15H2,1H3. The Bertz CT molecular complexity index is 398. The van der Waals surface area contributed by atoms with E-state index in [1.807, 2.05) is 0 Å². The lowest BCUT2D eigenvalue weighted by molar-refractivity contribution is 0.0496. The van der Waals surface area contributed by atoms with Crippen molar-refractivity contribution in [1.82, 2.24) is 5.43 Å². The van der Waals surface area contributed by atoms with E-state index in [-0.39, 0.29) is 18.0 Å². The third-order valence-corrected chi connectivity index (χ3v) is 3.65. The molecule has 2 rings (SSSR count). The van der Waals surface area contributed by atoms with Crippen LogP contribution in [0.15, 0.2) is 22.7 Å². The molecule has 0 heterocycles. The fraction of sp³-hybridized carbons (Fsp3) is 0.500. The van der Waals surface area contributed by atoms with Crippen LogP contribution in [0.25, 0.3) is 0 Å². The molecule has 0 bridgehead atoms. The summed E-state index contributed by atoms with van der Waals surface area (Å²) < 4.78 is 20.1. The summed E-state index contributed by atoms with van der Waals surface area (Å²) in [4.78, 5) is 0. The predicted octanol–water partition coefficient (Wildman–Crippen LogP) is 2.52. The molecule has 3 nitrogen and oxygen atoms in total. The highest BCUT2D eigenvalue weighted by molar-refractivity contribution is 9.10. The molecule has 1 aliphatic carbocycles. The van der Waals surface area contributed by atoms with Crippen molar-refractivity contribution in [3.63, 3.8) is 0 Å². The van der Waals surface area contributed by atoms with Crippen molar-refractivity contribution in [2.24, 2.45) is 11.8 Å². The maximum Gasteiger partial charge on any atom is 0.128 e. The molecule has 0 aliphatic heterocycles. The Labute approximate surface area is 109 Å². The Hall–Kier alpha value is -0.490. The molecule has 1 fully saturated rings. The molecule has 0 spiro atoms. The number of hydrazine groups is 1. The van der Waals surface area contributed by atoms with Gasteiger partial charge in [-0.2, -0.15) is 0 Å². The summed E-state index contributed by atoms with van der Waals surface area (Å²) in [6.07, 6.45) is 2.15. The molecule has 2 unspecified atom stereocenters. The minimum Gasteiger partial charge on any atom is -0.379 e. The molecular weight excluding hydrogens is 287 g/mol. The second-order valence-electron chi connectivity index (χ2n) is 4.35. The van der Waals surface area contributed by atoms with E-state index in [0.717, 1.165) is 17.3 Å². The SMILES string of the molecule is COC(C1CC1)C(NN)c1cc(Br)ccc1F. The minimum absolute atomic E-state index is 0.0798. The lowest BCUT2D eigenvalue weighted by atomic mass is 9.98. The largest absolute Gasteiger partial charge is 0.379 e. The van der Waals surface area contributed by atoms with Crippen molar-refractivity contribution in [3.8, 4) is 0 Å². The first-order chi connectivity index (χ1) is 8.17. The van der Waals surface area contributed by atoms with E-state index in [9.17, 15) is 4.39 Å². The average Bonchev–Trinajstić information content (AvgIpc) is 3.13. The van der Waals surface area contributed by atoms with E-state index >= 15 is 0 Å². The van der Waals surface area contributed by atoms with Crippen LogP contribution in [-0.4, -0.2) is 13.2 Å². The number of methoxy groups -OCH3 is 1. The maximum atomic E-state index is 13.8. The van der Waals surface area contributed by atoms with Gasteiger partial charge in [-0.3, -0.25) is 11.3 Å². The zero-order valence-corrected chi connectivity index (χ0v) is 11.2. The molecule has 0 aromatic heterocycles. The van der Waals surface area contributed by atoms with Gasteiger partial charge in [0.15, 0.2) is 0 Å². The van der Waals surface area contributed by atoms with Gasteiger partial charge in [0.05, 0.1) is 12.1 Å². The van der Waals surface area contributed by atoms with Crippen LogP contribution in [0.3, 0.4) is 0 Å². The summed E-state index contributed by atoms with van der Waals surface area (Å²) in [6.45, 7) is 0. The highest BCUT2D eigenvalue weighted by Crippen LogP contribution is 2.40. The Balaban J connectivity index is 2.29. The first-order valence-electron chi connectivity index (χ1n) is 5.61. The van der Waals surface area contributed by atoms with Crippen LogP contribution in [0.2, 0.25) is 0 Å². The number of hydrogen-bond donors (Lipinski definition) is 2. The number of halogens is 2. The van der Waals surface area contributed by atoms with E-state index in [2.05, 4.69) is 21.4 Å². The Morgan fingerprint density at radius 1 is 1.53 bits per heavy atom. The van der Waals surface area contributed by atoms with E-state index in [1.54, 1.807) is 19.2 Å². The molecule has 0 radical (unpaired) electrons. The molecule has 0 amide bonds. The lowest BCUT2D eigenvalue weighted by Gasteiger charge is -2.26. The molecule has 1 saturated carbocycles. The van der Waals surface area contributed by atoms with Gasteiger partial charge in [-0.1, -0.05) is 15.9 Å². The molecule has 3 N–H and O–H groups in total. The lowest BCUT2D eigenvalue weighted by Crippen LogP contribution is -2.39. The molecule has 0 saturated heterocycles. The minimum atomic E-state index is -0.315. The Morgan fingerprint density at radius 2 is 2.24 bits per heavy atom. The number of rotatable bonds is 5. The predicted molar refractivity (Wildman–Crippen MR) is 67.7 cm³/mol. The second-order valence-corrected chi connectivity index (χ2v) is 5.26. The van der Waals surface area contributed by atoms with Gasteiger partial charge >= 0.3 is 0 Å². The topological polar surface area (TPSA) is 47.3 Å². The highest BCUT2D eigenvalue weighted by Gasteiger charge is 2.38. The molecular formula is C12H16BrFN2O.